The summed E-state index contributed by atoms with van der Waals surface area (Å²) in [5.41, 5.74) is 0.864. The molecule has 1 aromatic carbocycles. The quantitative estimate of drug-likeness (QED) is 0.806. The Kier molecular flexibility index (Phi) is 5.52. The molecule has 0 amide bonds. The summed E-state index contributed by atoms with van der Waals surface area (Å²) in [6, 6.07) is 6.79. The van der Waals surface area contributed by atoms with Crippen molar-refractivity contribution >= 4 is 10.0 Å². The Morgan fingerprint density at radius 3 is 2.32 bits per heavy atom. The number of nitrogens with one attached hydrogen (secondary N) is 1. The summed E-state index contributed by atoms with van der Waals surface area (Å²) in [4.78, 5) is 0.288. The van der Waals surface area contributed by atoms with Gasteiger partial charge in [0.2, 0.25) is 10.0 Å². The minimum Gasteiger partial charge on any atom is -0.396 e. The Hall–Kier alpha value is -0.910. The second kappa shape index (κ2) is 6.50. The van der Waals surface area contributed by atoms with E-state index in [9.17, 15) is 8.42 Å². The van der Waals surface area contributed by atoms with Gasteiger partial charge in [-0.1, -0.05) is 31.5 Å². The Morgan fingerprint density at radius 2 is 1.79 bits per heavy atom. The van der Waals surface area contributed by atoms with Crippen molar-refractivity contribution in [2.75, 3.05) is 13.2 Å². The van der Waals surface area contributed by atoms with E-state index in [2.05, 4.69) is 4.72 Å². The van der Waals surface area contributed by atoms with E-state index in [-0.39, 0.29) is 16.9 Å². The molecule has 0 saturated heterocycles. The highest BCUT2D eigenvalue weighted by atomic mass is 32.2. The topological polar surface area (TPSA) is 66.4 Å². The third-order valence-corrected chi connectivity index (χ3v) is 4.50. The smallest absolute Gasteiger partial charge is 0.240 e. The van der Waals surface area contributed by atoms with Crippen LogP contribution in [-0.2, 0) is 10.0 Å². The lowest BCUT2D eigenvalue weighted by molar-refractivity contribution is 0.242. The lowest BCUT2D eigenvalue weighted by Gasteiger charge is -2.24. The first-order valence-corrected chi connectivity index (χ1v) is 7.92. The third-order valence-electron chi connectivity index (χ3n) is 3.08. The van der Waals surface area contributed by atoms with Crippen molar-refractivity contribution in [3.05, 3.63) is 29.8 Å². The van der Waals surface area contributed by atoms with Gasteiger partial charge in [-0.05, 0) is 37.3 Å². The van der Waals surface area contributed by atoms with Crippen LogP contribution in [0.15, 0.2) is 29.2 Å². The molecule has 0 bridgehead atoms. The van der Waals surface area contributed by atoms with Gasteiger partial charge in [0.15, 0.2) is 0 Å². The van der Waals surface area contributed by atoms with Crippen LogP contribution in [0.2, 0.25) is 0 Å². The monoisotopic (exact) mass is 285 g/mol. The van der Waals surface area contributed by atoms with Crippen LogP contribution >= 0.6 is 0 Å². The number of aliphatic hydroxyl groups excluding tert-OH is 1. The van der Waals surface area contributed by atoms with Gasteiger partial charge in [-0.25, -0.2) is 13.1 Å². The summed E-state index contributed by atoms with van der Waals surface area (Å²) >= 11 is 0. The third kappa shape index (κ3) is 5.30. The summed E-state index contributed by atoms with van der Waals surface area (Å²) in [5.74, 6) is 0. The molecule has 0 atom stereocenters. The van der Waals surface area contributed by atoms with Gasteiger partial charge in [-0.3, -0.25) is 0 Å². The molecule has 0 unspecified atom stereocenters. The van der Waals surface area contributed by atoms with Gasteiger partial charge in [0, 0.05) is 13.2 Å². The Balaban J connectivity index is 2.68. The average molecular weight is 285 g/mol. The zero-order chi connectivity index (χ0) is 14.5. The van der Waals surface area contributed by atoms with Crippen LogP contribution in [-0.4, -0.2) is 26.7 Å². The molecule has 0 radical (unpaired) electrons. The molecule has 108 valence electrons. The molecule has 4 nitrogen and oxygen atoms in total. The average Bonchev–Trinajstić information content (AvgIpc) is 2.35. The molecule has 0 saturated carbocycles. The minimum absolute atomic E-state index is 0.133. The number of sulfonamides is 1. The highest BCUT2D eigenvalue weighted by Crippen LogP contribution is 2.22. The molecular weight excluding hydrogens is 262 g/mol. The van der Waals surface area contributed by atoms with Crippen molar-refractivity contribution in [2.45, 2.75) is 38.5 Å². The molecule has 0 fully saturated rings. The Labute approximate surface area is 115 Å². The van der Waals surface area contributed by atoms with E-state index in [1.54, 1.807) is 24.3 Å². The van der Waals surface area contributed by atoms with Crippen LogP contribution < -0.4 is 4.72 Å². The molecule has 0 aliphatic heterocycles. The molecule has 1 aromatic rings. The molecule has 5 heteroatoms. The predicted octanol–water partition coefficient (Wildman–Crippen LogP) is 2.07. The SMILES string of the molecule is Cc1ccc(S(=O)(=O)NCC(C)(C)CCCO)cc1. The second-order valence-corrected chi connectivity index (χ2v) is 7.40. The van der Waals surface area contributed by atoms with Crippen molar-refractivity contribution in [1.82, 2.24) is 4.72 Å². The van der Waals surface area contributed by atoms with Crippen molar-refractivity contribution in [3.8, 4) is 0 Å². The first-order valence-electron chi connectivity index (χ1n) is 6.44. The van der Waals surface area contributed by atoms with E-state index in [1.807, 2.05) is 20.8 Å². The fourth-order valence-electron chi connectivity index (χ4n) is 1.74. The maximum atomic E-state index is 12.1. The molecule has 1 rings (SSSR count). The normalized spacial score (nSPS) is 12.6. The van der Waals surface area contributed by atoms with Crippen molar-refractivity contribution < 1.29 is 13.5 Å². The fourth-order valence-corrected chi connectivity index (χ4v) is 2.98. The Morgan fingerprint density at radius 1 is 1.21 bits per heavy atom. The van der Waals surface area contributed by atoms with Crippen molar-refractivity contribution in [2.24, 2.45) is 5.41 Å². The van der Waals surface area contributed by atoms with Crippen molar-refractivity contribution in [1.29, 1.82) is 0 Å². The summed E-state index contributed by atoms with van der Waals surface area (Å²) in [6.45, 7) is 6.39. The summed E-state index contributed by atoms with van der Waals surface area (Å²) < 4.78 is 26.8. The highest BCUT2D eigenvalue weighted by Gasteiger charge is 2.21. The van der Waals surface area contributed by atoms with Crippen LogP contribution in [0.5, 0.6) is 0 Å². The molecule has 0 aliphatic carbocycles. The first-order chi connectivity index (χ1) is 8.77. The van der Waals surface area contributed by atoms with Crippen LogP contribution in [0.4, 0.5) is 0 Å². The fraction of sp³-hybridized carbons (Fsp3) is 0.571. The van der Waals surface area contributed by atoms with Gasteiger partial charge in [-0.2, -0.15) is 0 Å². The highest BCUT2D eigenvalue weighted by molar-refractivity contribution is 7.89. The molecule has 0 aliphatic rings. The molecule has 2 N–H and O–H groups in total. The van der Waals surface area contributed by atoms with E-state index >= 15 is 0 Å². The Bertz CT molecular complexity index is 492. The lowest BCUT2D eigenvalue weighted by Crippen LogP contribution is -2.34. The van der Waals surface area contributed by atoms with Crippen LogP contribution in [0.25, 0.3) is 0 Å². The van der Waals surface area contributed by atoms with Gasteiger partial charge in [-0.15, -0.1) is 0 Å². The van der Waals surface area contributed by atoms with Gasteiger partial charge in [0.25, 0.3) is 0 Å². The van der Waals surface area contributed by atoms with Crippen LogP contribution in [0, 0.1) is 12.3 Å². The largest absolute Gasteiger partial charge is 0.396 e. The molecule has 0 spiro atoms. The maximum Gasteiger partial charge on any atom is 0.240 e. The number of rotatable bonds is 7. The van der Waals surface area contributed by atoms with E-state index in [4.69, 9.17) is 5.11 Å². The lowest BCUT2D eigenvalue weighted by atomic mass is 9.88. The van der Waals surface area contributed by atoms with E-state index < -0.39 is 10.0 Å². The maximum absolute atomic E-state index is 12.1. The zero-order valence-electron chi connectivity index (χ0n) is 11.8. The van der Waals surface area contributed by atoms with E-state index in [0.717, 1.165) is 12.0 Å². The van der Waals surface area contributed by atoms with E-state index in [1.165, 1.54) is 0 Å². The van der Waals surface area contributed by atoms with Gasteiger partial charge >= 0.3 is 0 Å². The van der Waals surface area contributed by atoms with Crippen LogP contribution in [0.3, 0.4) is 0 Å². The van der Waals surface area contributed by atoms with Crippen LogP contribution in [0.1, 0.15) is 32.3 Å². The minimum atomic E-state index is -3.45. The summed E-state index contributed by atoms with van der Waals surface area (Å²) in [5, 5.41) is 8.82. The molecule has 19 heavy (non-hydrogen) atoms. The predicted molar refractivity (Wildman–Crippen MR) is 76.5 cm³/mol. The number of aryl methyl sites for hydroxylation is 1. The van der Waals surface area contributed by atoms with Gasteiger partial charge in [0.05, 0.1) is 4.90 Å². The standard InChI is InChI=1S/C14H23NO3S/c1-12-5-7-13(8-6-12)19(17,18)15-11-14(2,3)9-4-10-16/h5-8,15-16H,4,9-11H2,1-3H3. The number of hydrogen-bond acceptors (Lipinski definition) is 3. The van der Waals surface area contributed by atoms with E-state index in [0.29, 0.717) is 13.0 Å². The summed E-state index contributed by atoms with van der Waals surface area (Å²) in [7, 11) is -3.45. The zero-order valence-corrected chi connectivity index (χ0v) is 12.6. The second-order valence-electron chi connectivity index (χ2n) is 5.63. The molecule has 0 aromatic heterocycles. The summed E-state index contributed by atoms with van der Waals surface area (Å²) in [6.07, 6.45) is 1.46. The number of hydrogen-bond donors (Lipinski definition) is 2. The van der Waals surface area contributed by atoms with Gasteiger partial charge in [0.1, 0.15) is 0 Å². The van der Waals surface area contributed by atoms with Crippen molar-refractivity contribution in [3.63, 3.8) is 0 Å². The first kappa shape index (κ1) is 16.1. The van der Waals surface area contributed by atoms with Gasteiger partial charge < -0.3 is 5.11 Å². The molecular formula is C14H23NO3S. The number of benzene rings is 1. The molecule has 0 heterocycles. The number of aliphatic hydroxyl groups is 1.